The van der Waals surface area contributed by atoms with Gasteiger partial charge < -0.3 is 9.64 Å². The van der Waals surface area contributed by atoms with Gasteiger partial charge >= 0.3 is 0 Å². The van der Waals surface area contributed by atoms with Crippen molar-refractivity contribution in [2.75, 3.05) is 46.6 Å². The third kappa shape index (κ3) is 7.65. The maximum Gasteiger partial charge on any atom is 0.211 e. The van der Waals surface area contributed by atoms with Crippen LogP contribution in [0.1, 0.15) is 52.7 Å². The minimum absolute atomic E-state index is 0.168. The summed E-state index contributed by atoms with van der Waals surface area (Å²) < 4.78 is 30.9. The van der Waals surface area contributed by atoms with Crippen molar-refractivity contribution in [3.8, 4) is 5.75 Å². The number of carbonyl (C=O) groups is 1. The van der Waals surface area contributed by atoms with Gasteiger partial charge in [-0.3, -0.25) is 4.79 Å². The maximum atomic E-state index is 12.8. The zero-order valence-electron chi connectivity index (χ0n) is 20.8. The Labute approximate surface area is 205 Å². The van der Waals surface area contributed by atoms with Gasteiger partial charge in [-0.1, -0.05) is 30.3 Å². The van der Waals surface area contributed by atoms with E-state index in [9.17, 15) is 13.2 Å². The molecule has 0 bridgehead atoms. The highest BCUT2D eigenvalue weighted by Gasteiger charge is 2.20. The molecule has 1 aliphatic rings. The Bertz CT molecular complexity index is 1070. The molecule has 0 unspecified atom stereocenters. The summed E-state index contributed by atoms with van der Waals surface area (Å²) in [7, 11) is 0.637. The van der Waals surface area contributed by atoms with E-state index in [2.05, 4.69) is 24.1 Å². The molecule has 6 nitrogen and oxygen atoms in total. The molecule has 0 fully saturated rings. The van der Waals surface area contributed by atoms with Crippen LogP contribution < -0.4 is 4.74 Å². The third-order valence-corrected chi connectivity index (χ3v) is 7.93. The fraction of sp³-hybridized carbons (Fsp3) is 0.519. The van der Waals surface area contributed by atoms with Gasteiger partial charge in [-0.15, -0.1) is 0 Å². The fourth-order valence-corrected chi connectivity index (χ4v) is 5.44. The lowest BCUT2D eigenvalue weighted by molar-refractivity contribution is 0.0978. The first-order valence-electron chi connectivity index (χ1n) is 12.2. The molecule has 186 valence electrons. The second kappa shape index (κ2) is 12.5. The average molecular weight is 487 g/mol. The van der Waals surface area contributed by atoms with Gasteiger partial charge in [0.1, 0.15) is 5.75 Å². The molecule has 1 aliphatic heterocycles. The van der Waals surface area contributed by atoms with Crippen molar-refractivity contribution in [2.45, 2.75) is 44.9 Å². The molecule has 34 heavy (non-hydrogen) atoms. The van der Waals surface area contributed by atoms with Crippen LogP contribution in [0.5, 0.6) is 5.75 Å². The standard InChI is InChI=1S/C27H38N2O4S/c1-28(19-15-23-9-4-5-12-27(23)33-2)17-7-6-11-26(30)25-14-13-22-10-8-18-29(34(3,31)32)20-16-24(22)21-25/h4-5,9,12-14,21H,6-8,10-11,15-20H2,1-3H3. The quantitative estimate of drug-likeness (QED) is 0.355. The number of Topliss-reactive ketones (excluding diaryl/α,β-unsaturated/α-hetero) is 1. The average Bonchev–Trinajstić information content (AvgIpc) is 2.80. The number of ketones is 1. The summed E-state index contributed by atoms with van der Waals surface area (Å²) in [6.45, 7) is 2.94. The van der Waals surface area contributed by atoms with E-state index in [0.717, 1.165) is 62.1 Å². The minimum atomic E-state index is -3.18. The second-order valence-corrected chi connectivity index (χ2v) is 11.2. The molecule has 0 spiro atoms. The van der Waals surface area contributed by atoms with Crippen LogP contribution in [0.2, 0.25) is 0 Å². The van der Waals surface area contributed by atoms with Crippen molar-refractivity contribution >= 4 is 15.8 Å². The van der Waals surface area contributed by atoms with E-state index in [1.54, 1.807) is 11.4 Å². The van der Waals surface area contributed by atoms with E-state index in [1.165, 1.54) is 17.4 Å². The van der Waals surface area contributed by atoms with Crippen LogP contribution >= 0.6 is 0 Å². The number of aryl methyl sites for hydroxylation is 1. The van der Waals surface area contributed by atoms with Crippen molar-refractivity contribution in [1.29, 1.82) is 0 Å². The molecular formula is C27H38N2O4S. The zero-order valence-corrected chi connectivity index (χ0v) is 21.6. The van der Waals surface area contributed by atoms with Crippen LogP contribution in [0.15, 0.2) is 42.5 Å². The van der Waals surface area contributed by atoms with Gasteiger partial charge in [0.2, 0.25) is 10.0 Å². The summed E-state index contributed by atoms with van der Waals surface area (Å²) in [5.41, 5.74) is 4.30. The molecule has 3 rings (SSSR count). The molecule has 2 aromatic carbocycles. The molecule has 0 N–H and O–H groups in total. The smallest absolute Gasteiger partial charge is 0.211 e. The summed E-state index contributed by atoms with van der Waals surface area (Å²) in [5.74, 6) is 1.10. The summed E-state index contributed by atoms with van der Waals surface area (Å²) in [5, 5.41) is 0. The van der Waals surface area contributed by atoms with Crippen LogP contribution in [0.4, 0.5) is 0 Å². The number of hydrogen-bond acceptors (Lipinski definition) is 5. The molecule has 1 heterocycles. The normalized spacial score (nSPS) is 14.9. The van der Waals surface area contributed by atoms with Crippen LogP contribution in [0, 0.1) is 0 Å². The lowest BCUT2D eigenvalue weighted by atomic mass is 9.94. The zero-order chi connectivity index (χ0) is 24.6. The lowest BCUT2D eigenvalue weighted by Crippen LogP contribution is -2.34. The summed E-state index contributed by atoms with van der Waals surface area (Å²) in [6.07, 6.45) is 6.88. The van der Waals surface area contributed by atoms with Crippen molar-refractivity contribution < 1.29 is 17.9 Å². The third-order valence-electron chi connectivity index (χ3n) is 6.63. The SMILES string of the molecule is COc1ccccc1CCN(C)CCCCC(=O)c1ccc2c(c1)CCN(S(C)(=O)=O)CCC2. The number of nitrogens with zero attached hydrogens (tertiary/aromatic N) is 2. The first-order chi connectivity index (χ1) is 16.3. The van der Waals surface area contributed by atoms with Crippen molar-refractivity contribution in [2.24, 2.45) is 0 Å². The highest BCUT2D eigenvalue weighted by Crippen LogP contribution is 2.21. The molecular weight excluding hydrogens is 448 g/mol. The first-order valence-corrected chi connectivity index (χ1v) is 14.0. The van der Waals surface area contributed by atoms with Gasteiger partial charge in [0.15, 0.2) is 5.78 Å². The van der Waals surface area contributed by atoms with Crippen LogP contribution in [0.25, 0.3) is 0 Å². The molecule has 0 amide bonds. The predicted molar refractivity (Wildman–Crippen MR) is 137 cm³/mol. The van der Waals surface area contributed by atoms with Gasteiger partial charge in [0.25, 0.3) is 0 Å². The summed E-state index contributed by atoms with van der Waals surface area (Å²) >= 11 is 0. The Morgan fingerprint density at radius 1 is 1.03 bits per heavy atom. The second-order valence-electron chi connectivity index (χ2n) is 9.24. The molecule has 2 aromatic rings. The maximum absolute atomic E-state index is 12.8. The number of fused-ring (bicyclic) bond motifs is 1. The molecule has 0 radical (unpaired) electrons. The van der Waals surface area contributed by atoms with E-state index in [1.807, 2.05) is 30.3 Å². The molecule has 0 aromatic heterocycles. The highest BCUT2D eigenvalue weighted by molar-refractivity contribution is 7.88. The number of para-hydroxylation sites is 1. The van der Waals surface area contributed by atoms with Crippen molar-refractivity contribution in [3.63, 3.8) is 0 Å². The Morgan fingerprint density at radius 2 is 1.82 bits per heavy atom. The Balaban J connectivity index is 1.45. The largest absolute Gasteiger partial charge is 0.496 e. The number of ether oxygens (including phenoxy) is 1. The number of likely N-dealkylation sites (N-methyl/N-ethyl adjacent to an activating group) is 1. The first kappa shape index (κ1) is 26.4. The topological polar surface area (TPSA) is 66.9 Å². The van der Waals surface area contributed by atoms with E-state index < -0.39 is 10.0 Å². The van der Waals surface area contributed by atoms with Crippen molar-refractivity contribution in [1.82, 2.24) is 9.21 Å². The van der Waals surface area contributed by atoms with Crippen molar-refractivity contribution in [3.05, 3.63) is 64.7 Å². The van der Waals surface area contributed by atoms with Gasteiger partial charge in [-0.25, -0.2) is 12.7 Å². The summed E-state index contributed by atoms with van der Waals surface area (Å²) in [4.78, 5) is 15.1. The number of benzene rings is 2. The van der Waals surface area contributed by atoms with Gasteiger partial charge in [0.05, 0.1) is 13.4 Å². The molecule has 0 atom stereocenters. The van der Waals surface area contributed by atoms with Crippen LogP contribution in [-0.4, -0.2) is 70.0 Å². The number of hydrogen-bond donors (Lipinski definition) is 0. The number of carbonyl (C=O) groups excluding carboxylic acids is 1. The number of methoxy groups -OCH3 is 1. The minimum Gasteiger partial charge on any atom is -0.496 e. The van der Waals surface area contributed by atoms with Crippen LogP contribution in [-0.2, 0) is 29.3 Å². The van der Waals surface area contributed by atoms with E-state index >= 15 is 0 Å². The van der Waals surface area contributed by atoms with Gasteiger partial charge in [0, 0.05) is 31.6 Å². The highest BCUT2D eigenvalue weighted by atomic mass is 32.2. The predicted octanol–water partition coefficient (Wildman–Crippen LogP) is 3.97. The fourth-order valence-electron chi connectivity index (χ4n) is 4.55. The van der Waals surface area contributed by atoms with Gasteiger partial charge in [-0.05, 0) is 80.9 Å². The molecule has 0 saturated carbocycles. The lowest BCUT2D eigenvalue weighted by Gasteiger charge is -2.24. The molecule has 7 heteroatoms. The van der Waals surface area contributed by atoms with E-state index in [4.69, 9.17) is 4.74 Å². The van der Waals surface area contributed by atoms with Gasteiger partial charge in [-0.2, -0.15) is 0 Å². The number of rotatable bonds is 11. The summed E-state index contributed by atoms with van der Waals surface area (Å²) in [6, 6.07) is 14.1. The van der Waals surface area contributed by atoms with Crippen LogP contribution in [0.3, 0.4) is 0 Å². The Morgan fingerprint density at radius 3 is 2.59 bits per heavy atom. The number of sulfonamides is 1. The van der Waals surface area contributed by atoms with E-state index in [-0.39, 0.29) is 5.78 Å². The Kier molecular flexibility index (Phi) is 9.68. The molecule has 0 saturated heterocycles. The Hall–Kier alpha value is -2.22. The number of unbranched alkanes of at least 4 members (excludes halogenated alkanes) is 1. The monoisotopic (exact) mass is 486 g/mol. The molecule has 0 aliphatic carbocycles. The van der Waals surface area contributed by atoms with E-state index in [0.29, 0.717) is 25.9 Å².